The van der Waals surface area contributed by atoms with Crippen LogP contribution in [-0.4, -0.2) is 52.9 Å². The van der Waals surface area contributed by atoms with Gasteiger partial charge < -0.3 is 5.32 Å². The van der Waals surface area contributed by atoms with Gasteiger partial charge >= 0.3 is 0 Å². The summed E-state index contributed by atoms with van der Waals surface area (Å²) in [6.07, 6.45) is 4.82. The van der Waals surface area contributed by atoms with Gasteiger partial charge in [-0.25, -0.2) is 16.8 Å². The summed E-state index contributed by atoms with van der Waals surface area (Å²) < 4.78 is 53.1. The molecular weight excluding hydrogens is 462 g/mol. The molecule has 0 atom stereocenters. The number of hydrogen-bond donors (Lipinski definition) is 1. The molecule has 1 aliphatic heterocycles. The summed E-state index contributed by atoms with van der Waals surface area (Å²) in [7, 11) is -7.27. The fourth-order valence-corrected chi connectivity index (χ4v) is 6.32. The smallest absolute Gasteiger partial charge is 0.245 e. The van der Waals surface area contributed by atoms with Gasteiger partial charge in [0.05, 0.1) is 16.8 Å². The maximum Gasteiger partial charge on any atom is 0.245 e. The van der Waals surface area contributed by atoms with Crippen LogP contribution in [0.15, 0.2) is 47.4 Å². The quantitative estimate of drug-likeness (QED) is 0.638. The van der Waals surface area contributed by atoms with Crippen LogP contribution in [0, 0.1) is 13.8 Å². The summed E-state index contributed by atoms with van der Waals surface area (Å²) in [6, 6.07) is 11.3. The molecule has 0 unspecified atom stereocenters. The number of amides is 1. The van der Waals surface area contributed by atoms with Crippen LogP contribution < -0.4 is 9.62 Å². The molecule has 1 heterocycles. The third-order valence-corrected chi connectivity index (χ3v) is 8.58. The topological polar surface area (TPSA) is 104 Å². The first-order valence-electron chi connectivity index (χ1n) is 10.9. The van der Waals surface area contributed by atoms with Crippen LogP contribution in [0.25, 0.3) is 0 Å². The Labute approximate surface area is 196 Å². The average molecular weight is 494 g/mol. The predicted octanol–water partition coefficient (Wildman–Crippen LogP) is 3.27. The third kappa shape index (κ3) is 6.55. The molecule has 0 aromatic heterocycles. The first-order valence-corrected chi connectivity index (χ1v) is 14.2. The second-order valence-electron chi connectivity index (χ2n) is 8.51. The number of nitrogens with one attached hydrogen (secondary N) is 1. The number of hydrogen-bond acceptors (Lipinski definition) is 5. The van der Waals surface area contributed by atoms with Gasteiger partial charge in [-0.1, -0.05) is 18.9 Å². The van der Waals surface area contributed by atoms with Crippen molar-refractivity contribution in [2.75, 3.05) is 35.5 Å². The number of nitrogens with zero attached hydrogens (tertiary/aromatic N) is 2. The van der Waals surface area contributed by atoms with Crippen LogP contribution >= 0.6 is 0 Å². The Morgan fingerprint density at radius 1 is 0.909 bits per heavy atom. The van der Waals surface area contributed by atoms with E-state index in [0.717, 1.165) is 47.4 Å². The highest BCUT2D eigenvalue weighted by molar-refractivity contribution is 7.92. The maximum atomic E-state index is 12.9. The van der Waals surface area contributed by atoms with Crippen LogP contribution in [0.4, 0.5) is 11.4 Å². The SMILES string of the molecule is Cc1cc(C)cc(N(CC(=O)Nc2ccc(S(=O)(=O)N3CCCCCC3)cc2)S(C)(=O)=O)c1. The van der Waals surface area contributed by atoms with Gasteiger partial charge in [-0.15, -0.1) is 0 Å². The molecule has 0 bridgehead atoms. The van der Waals surface area contributed by atoms with E-state index in [4.69, 9.17) is 0 Å². The number of rotatable bonds is 7. The molecule has 33 heavy (non-hydrogen) atoms. The van der Waals surface area contributed by atoms with E-state index in [1.807, 2.05) is 19.9 Å². The van der Waals surface area contributed by atoms with Crippen molar-refractivity contribution >= 4 is 37.3 Å². The predicted molar refractivity (Wildman–Crippen MR) is 130 cm³/mol. The molecule has 1 fully saturated rings. The van der Waals surface area contributed by atoms with E-state index in [1.165, 1.54) is 28.6 Å². The van der Waals surface area contributed by atoms with Gasteiger partial charge in [0.15, 0.2) is 0 Å². The lowest BCUT2D eigenvalue weighted by atomic mass is 10.1. The molecule has 0 radical (unpaired) electrons. The number of aryl methyl sites for hydroxylation is 2. The summed E-state index contributed by atoms with van der Waals surface area (Å²) in [5.41, 5.74) is 2.59. The first-order chi connectivity index (χ1) is 15.5. The number of carbonyl (C=O) groups excluding carboxylic acids is 1. The first kappa shape index (κ1) is 25.2. The highest BCUT2D eigenvalue weighted by Crippen LogP contribution is 2.23. The molecule has 10 heteroatoms. The monoisotopic (exact) mass is 493 g/mol. The van der Waals surface area contributed by atoms with Crippen molar-refractivity contribution in [3.8, 4) is 0 Å². The molecule has 1 amide bonds. The second kappa shape index (κ2) is 10.2. The lowest BCUT2D eigenvalue weighted by Crippen LogP contribution is -2.37. The van der Waals surface area contributed by atoms with Crippen LogP contribution in [0.3, 0.4) is 0 Å². The van der Waals surface area contributed by atoms with E-state index in [1.54, 1.807) is 12.1 Å². The highest BCUT2D eigenvalue weighted by Gasteiger charge is 2.25. The van der Waals surface area contributed by atoms with Gasteiger partial charge in [0.2, 0.25) is 26.0 Å². The molecule has 180 valence electrons. The lowest BCUT2D eigenvalue weighted by Gasteiger charge is -2.23. The molecule has 2 aromatic rings. The zero-order valence-electron chi connectivity index (χ0n) is 19.2. The minimum atomic E-state index is -3.69. The van der Waals surface area contributed by atoms with E-state index < -0.39 is 32.5 Å². The maximum absolute atomic E-state index is 12.9. The van der Waals surface area contributed by atoms with E-state index in [0.29, 0.717) is 24.5 Å². The Morgan fingerprint density at radius 2 is 1.45 bits per heavy atom. The van der Waals surface area contributed by atoms with Gasteiger partial charge in [-0.05, 0) is 74.2 Å². The van der Waals surface area contributed by atoms with Gasteiger partial charge in [-0.3, -0.25) is 9.10 Å². The van der Waals surface area contributed by atoms with Crippen molar-refractivity contribution < 1.29 is 21.6 Å². The van der Waals surface area contributed by atoms with Gasteiger partial charge in [0, 0.05) is 18.8 Å². The van der Waals surface area contributed by atoms with Crippen LogP contribution in [0.1, 0.15) is 36.8 Å². The fraction of sp³-hybridized carbons (Fsp3) is 0.435. The number of benzene rings is 2. The molecule has 1 aliphatic rings. The molecular formula is C23H31N3O5S2. The van der Waals surface area contributed by atoms with Crippen molar-refractivity contribution in [3.05, 3.63) is 53.6 Å². The number of sulfonamides is 2. The molecule has 0 aliphatic carbocycles. The summed E-state index contributed by atoms with van der Waals surface area (Å²) in [5, 5.41) is 2.66. The molecule has 0 spiro atoms. The van der Waals surface area contributed by atoms with E-state index >= 15 is 0 Å². The summed E-state index contributed by atoms with van der Waals surface area (Å²) in [4.78, 5) is 12.8. The second-order valence-corrected chi connectivity index (χ2v) is 12.4. The highest BCUT2D eigenvalue weighted by atomic mass is 32.2. The largest absolute Gasteiger partial charge is 0.325 e. The van der Waals surface area contributed by atoms with Crippen molar-refractivity contribution in [1.29, 1.82) is 0 Å². The van der Waals surface area contributed by atoms with E-state index in [-0.39, 0.29) is 4.90 Å². The van der Waals surface area contributed by atoms with E-state index in [9.17, 15) is 21.6 Å². The fourth-order valence-electron chi connectivity index (χ4n) is 3.97. The minimum Gasteiger partial charge on any atom is -0.325 e. The van der Waals surface area contributed by atoms with Gasteiger partial charge in [0.25, 0.3) is 0 Å². The zero-order chi connectivity index (χ0) is 24.2. The van der Waals surface area contributed by atoms with Crippen molar-refractivity contribution in [2.45, 2.75) is 44.4 Å². The molecule has 3 rings (SSSR count). The normalized spacial score (nSPS) is 15.6. The minimum absolute atomic E-state index is 0.176. The number of anilines is 2. The molecule has 0 saturated carbocycles. The Kier molecular flexibility index (Phi) is 7.81. The Morgan fingerprint density at radius 3 is 1.97 bits per heavy atom. The summed E-state index contributed by atoms with van der Waals surface area (Å²) in [5.74, 6) is -0.525. The van der Waals surface area contributed by atoms with Gasteiger partial charge in [0.1, 0.15) is 6.54 Å². The molecule has 2 aromatic carbocycles. The summed E-state index contributed by atoms with van der Waals surface area (Å²) >= 11 is 0. The van der Waals surface area contributed by atoms with E-state index in [2.05, 4.69) is 5.32 Å². The molecule has 1 N–H and O–H groups in total. The molecule has 1 saturated heterocycles. The van der Waals surface area contributed by atoms with Crippen LogP contribution in [-0.2, 0) is 24.8 Å². The van der Waals surface area contributed by atoms with Crippen molar-refractivity contribution in [1.82, 2.24) is 4.31 Å². The summed E-state index contributed by atoms with van der Waals surface area (Å²) in [6.45, 7) is 4.35. The zero-order valence-corrected chi connectivity index (χ0v) is 20.9. The Balaban J connectivity index is 1.73. The van der Waals surface area contributed by atoms with Crippen molar-refractivity contribution in [2.24, 2.45) is 0 Å². The van der Waals surface area contributed by atoms with Crippen molar-refractivity contribution in [3.63, 3.8) is 0 Å². The standard InChI is InChI=1S/C23H31N3O5S2/c1-18-14-19(2)16-21(15-18)26(32(3,28)29)17-23(27)24-20-8-10-22(11-9-20)33(30,31)25-12-6-4-5-7-13-25/h8-11,14-16H,4-7,12-13,17H2,1-3H3,(H,24,27). The van der Waals surface area contributed by atoms with Crippen LogP contribution in [0.5, 0.6) is 0 Å². The Hall–Kier alpha value is -2.43. The Bertz CT molecular complexity index is 1180. The van der Waals surface area contributed by atoms with Crippen LogP contribution in [0.2, 0.25) is 0 Å². The average Bonchev–Trinajstić information content (AvgIpc) is 3.01. The number of carbonyl (C=O) groups is 1. The lowest BCUT2D eigenvalue weighted by molar-refractivity contribution is -0.114. The molecule has 8 nitrogen and oxygen atoms in total. The third-order valence-electron chi connectivity index (χ3n) is 5.52. The van der Waals surface area contributed by atoms with Gasteiger partial charge in [-0.2, -0.15) is 4.31 Å².